The minimum atomic E-state index is 0.636. The third-order valence-electron chi connectivity index (χ3n) is 2.26. The number of rotatable bonds is 3. The Kier molecular flexibility index (Phi) is 2.83. The molecule has 0 saturated heterocycles. The van der Waals surface area contributed by atoms with Crippen LogP contribution in [0.4, 0.5) is 0 Å². The molecule has 0 saturated carbocycles. The van der Waals surface area contributed by atoms with Gasteiger partial charge in [-0.25, -0.2) is 4.98 Å². The first kappa shape index (κ1) is 10.3. The lowest BCUT2D eigenvalue weighted by Gasteiger charge is -2.02. The van der Waals surface area contributed by atoms with E-state index in [-0.39, 0.29) is 0 Å². The van der Waals surface area contributed by atoms with E-state index < -0.39 is 0 Å². The van der Waals surface area contributed by atoms with Crippen LogP contribution in [0.2, 0.25) is 0 Å². The number of aromatic nitrogens is 3. The maximum absolute atomic E-state index is 5.22. The van der Waals surface area contributed by atoms with Crippen molar-refractivity contribution in [3.05, 3.63) is 22.6 Å². The van der Waals surface area contributed by atoms with Crippen LogP contribution in [-0.2, 0) is 11.3 Å². The van der Waals surface area contributed by atoms with Crippen LogP contribution >= 0.6 is 12.2 Å². The summed E-state index contributed by atoms with van der Waals surface area (Å²) < 4.78 is 7.68. The van der Waals surface area contributed by atoms with Crippen LogP contribution in [-0.4, -0.2) is 28.3 Å². The summed E-state index contributed by atoms with van der Waals surface area (Å²) in [6.07, 6.45) is 1.84. The Balaban J connectivity index is 2.53. The van der Waals surface area contributed by atoms with Crippen LogP contribution in [0.5, 0.6) is 0 Å². The number of H-pyrrole nitrogens is 1. The van der Waals surface area contributed by atoms with Gasteiger partial charge in [0.15, 0.2) is 10.4 Å². The first-order chi connectivity index (χ1) is 7.22. The molecule has 0 spiro atoms. The summed E-state index contributed by atoms with van der Waals surface area (Å²) in [5.41, 5.74) is 3.00. The van der Waals surface area contributed by atoms with E-state index >= 15 is 0 Å². The zero-order chi connectivity index (χ0) is 10.8. The molecule has 0 aliphatic carbocycles. The Morgan fingerprint density at radius 1 is 1.60 bits per heavy atom. The predicted molar refractivity (Wildman–Crippen MR) is 61.5 cm³/mol. The molecule has 0 unspecified atom stereocenters. The largest absolute Gasteiger partial charge is 0.383 e. The van der Waals surface area contributed by atoms with Gasteiger partial charge in [0.05, 0.1) is 18.7 Å². The molecule has 2 rings (SSSR count). The number of nitrogens with one attached hydrogen (secondary N) is 1. The second-order valence-corrected chi connectivity index (χ2v) is 3.85. The summed E-state index contributed by atoms with van der Waals surface area (Å²) in [5, 5.41) is 0. The average Bonchev–Trinajstić information content (AvgIpc) is 2.50. The maximum Gasteiger partial charge on any atom is 0.179 e. The highest BCUT2D eigenvalue weighted by molar-refractivity contribution is 7.71. The number of aromatic amines is 1. The summed E-state index contributed by atoms with van der Waals surface area (Å²) in [4.78, 5) is 7.50. The quantitative estimate of drug-likeness (QED) is 0.810. The molecule has 15 heavy (non-hydrogen) atoms. The molecule has 2 heterocycles. The third-order valence-corrected chi connectivity index (χ3v) is 2.59. The number of imidazole rings is 1. The molecule has 4 nitrogen and oxygen atoms in total. The molecular weight excluding hydrogens is 210 g/mol. The van der Waals surface area contributed by atoms with Gasteiger partial charge in [0.2, 0.25) is 0 Å². The Morgan fingerprint density at radius 2 is 2.40 bits per heavy atom. The third kappa shape index (κ3) is 1.93. The maximum atomic E-state index is 5.22. The van der Waals surface area contributed by atoms with E-state index in [9.17, 15) is 0 Å². The van der Waals surface area contributed by atoms with Crippen molar-refractivity contribution in [1.29, 1.82) is 0 Å². The standard InChI is InChI=1S/C10H13N3OS/c1-7-5-8-9(11-6-7)13(3-4-14-2)10(15)12-8/h5-6H,3-4H2,1-2H3,(H,12,15). The molecule has 0 radical (unpaired) electrons. The summed E-state index contributed by atoms with van der Waals surface area (Å²) in [7, 11) is 1.68. The van der Waals surface area contributed by atoms with Crippen molar-refractivity contribution in [3.8, 4) is 0 Å². The van der Waals surface area contributed by atoms with Crippen LogP contribution in [0.1, 0.15) is 5.56 Å². The SMILES string of the molecule is COCCn1c(=S)[nH]c2cc(C)cnc21. The van der Waals surface area contributed by atoms with Gasteiger partial charge < -0.3 is 9.72 Å². The molecule has 0 aliphatic heterocycles. The number of nitrogens with zero attached hydrogens (tertiary/aromatic N) is 2. The van der Waals surface area contributed by atoms with Gasteiger partial charge >= 0.3 is 0 Å². The highest BCUT2D eigenvalue weighted by Crippen LogP contribution is 2.12. The fourth-order valence-electron chi connectivity index (χ4n) is 1.54. The van der Waals surface area contributed by atoms with Gasteiger partial charge in [-0.1, -0.05) is 0 Å². The smallest absolute Gasteiger partial charge is 0.179 e. The van der Waals surface area contributed by atoms with E-state index in [2.05, 4.69) is 9.97 Å². The Bertz CT molecular complexity index is 529. The van der Waals surface area contributed by atoms with E-state index in [1.54, 1.807) is 7.11 Å². The van der Waals surface area contributed by atoms with Crippen LogP contribution in [0.25, 0.3) is 11.2 Å². The summed E-state index contributed by atoms with van der Waals surface area (Å²) in [5.74, 6) is 0. The minimum Gasteiger partial charge on any atom is -0.383 e. The van der Waals surface area contributed by atoms with E-state index in [1.807, 2.05) is 23.8 Å². The van der Waals surface area contributed by atoms with Crippen molar-refractivity contribution in [3.63, 3.8) is 0 Å². The summed E-state index contributed by atoms with van der Waals surface area (Å²) in [6.45, 7) is 3.37. The Labute approximate surface area is 92.9 Å². The first-order valence-electron chi connectivity index (χ1n) is 4.76. The molecule has 2 aromatic heterocycles. The lowest BCUT2D eigenvalue weighted by molar-refractivity contribution is 0.188. The highest BCUT2D eigenvalue weighted by Gasteiger charge is 2.04. The zero-order valence-corrected chi connectivity index (χ0v) is 9.60. The molecule has 2 aromatic rings. The van der Waals surface area contributed by atoms with E-state index in [4.69, 9.17) is 17.0 Å². The minimum absolute atomic E-state index is 0.636. The van der Waals surface area contributed by atoms with Gasteiger partial charge in [-0.15, -0.1) is 0 Å². The first-order valence-corrected chi connectivity index (χ1v) is 5.17. The number of hydrogen-bond donors (Lipinski definition) is 1. The summed E-state index contributed by atoms with van der Waals surface area (Å²) >= 11 is 5.22. The lowest BCUT2D eigenvalue weighted by atomic mass is 10.3. The van der Waals surface area contributed by atoms with Gasteiger partial charge in [0.25, 0.3) is 0 Å². The molecule has 0 bridgehead atoms. The molecule has 0 aromatic carbocycles. The van der Waals surface area contributed by atoms with Crippen LogP contribution in [0.3, 0.4) is 0 Å². The topological polar surface area (TPSA) is 42.8 Å². The molecular formula is C10H13N3OS. The van der Waals surface area contributed by atoms with Gasteiger partial charge in [-0.2, -0.15) is 0 Å². The zero-order valence-electron chi connectivity index (χ0n) is 8.78. The summed E-state index contributed by atoms with van der Waals surface area (Å²) in [6, 6.07) is 2.04. The van der Waals surface area contributed by atoms with Crippen molar-refractivity contribution in [2.24, 2.45) is 0 Å². The van der Waals surface area contributed by atoms with Crippen molar-refractivity contribution in [2.75, 3.05) is 13.7 Å². The van der Waals surface area contributed by atoms with Gasteiger partial charge in [-0.3, -0.25) is 4.57 Å². The van der Waals surface area contributed by atoms with Crippen molar-refractivity contribution in [2.45, 2.75) is 13.5 Å². The van der Waals surface area contributed by atoms with Gasteiger partial charge in [0.1, 0.15) is 0 Å². The second-order valence-electron chi connectivity index (χ2n) is 3.46. The van der Waals surface area contributed by atoms with E-state index in [1.165, 1.54) is 0 Å². The second kappa shape index (κ2) is 4.12. The molecule has 0 atom stereocenters. The monoisotopic (exact) mass is 223 g/mol. The van der Waals surface area contributed by atoms with Crippen molar-refractivity contribution in [1.82, 2.24) is 14.5 Å². The predicted octanol–water partition coefficient (Wildman–Crippen LogP) is 2.05. The van der Waals surface area contributed by atoms with Crippen LogP contribution in [0, 0.1) is 11.7 Å². The number of aryl methyl sites for hydroxylation is 1. The fraction of sp³-hybridized carbons (Fsp3) is 0.400. The lowest BCUT2D eigenvalue weighted by Crippen LogP contribution is -2.04. The number of ether oxygens (including phenoxy) is 1. The Morgan fingerprint density at radius 3 is 3.13 bits per heavy atom. The van der Waals surface area contributed by atoms with Crippen LogP contribution < -0.4 is 0 Å². The molecule has 1 N–H and O–H groups in total. The highest BCUT2D eigenvalue weighted by atomic mass is 32.1. The van der Waals surface area contributed by atoms with Crippen LogP contribution in [0.15, 0.2) is 12.3 Å². The Hall–Kier alpha value is -1.20. The average molecular weight is 223 g/mol. The molecule has 0 fully saturated rings. The number of pyridine rings is 1. The van der Waals surface area contributed by atoms with E-state index in [0.717, 1.165) is 23.3 Å². The molecule has 0 aliphatic rings. The number of fused-ring (bicyclic) bond motifs is 1. The fourth-order valence-corrected chi connectivity index (χ4v) is 1.83. The van der Waals surface area contributed by atoms with Crippen molar-refractivity contribution >= 4 is 23.4 Å². The van der Waals surface area contributed by atoms with Gasteiger partial charge in [0, 0.05) is 13.3 Å². The number of methoxy groups -OCH3 is 1. The normalized spacial score (nSPS) is 11.1. The molecule has 0 amide bonds. The van der Waals surface area contributed by atoms with E-state index in [0.29, 0.717) is 11.4 Å². The molecule has 5 heteroatoms. The van der Waals surface area contributed by atoms with Crippen molar-refractivity contribution < 1.29 is 4.74 Å². The van der Waals surface area contributed by atoms with Gasteiger partial charge in [-0.05, 0) is 30.8 Å². The molecule has 80 valence electrons. The number of hydrogen-bond acceptors (Lipinski definition) is 3.